The summed E-state index contributed by atoms with van der Waals surface area (Å²) in [5.74, 6) is -0.960. The Morgan fingerprint density at radius 1 is 1.12 bits per heavy atom. The van der Waals surface area contributed by atoms with E-state index in [1.807, 2.05) is 6.07 Å². The highest BCUT2D eigenvalue weighted by Crippen LogP contribution is 2.10. The quantitative estimate of drug-likeness (QED) is 0.918. The number of hydrogen-bond acceptors (Lipinski definition) is 3. The van der Waals surface area contributed by atoms with E-state index >= 15 is 0 Å². The zero-order valence-electron chi connectivity index (χ0n) is 13.1. The Balaban J connectivity index is 1.98. The Morgan fingerprint density at radius 3 is 2.29 bits per heavy atom. The lowest BCUT2D eigenvalue weighted by molar-refractivity contribution is -0.133. The largest absolute Gasteiger partial charge is 0.329 e. The van der Waals surface area contributed by atoms with Crippen LogP contribution in [0.3, 0.4) is 0 Å². The summed E-state index contributed by atoms with van der Waals surface area (Å²) in [6, 6.07) is 14.2. The van der Waals surface area contributed by atoms with Gasteiger partial charge in [0.1, 0.15) is 12.4 Å². The first-order valence-corrected chi connectivity index (χ1v) is 7.28. The van der Waals surface area contributed by atoms with E-state index in [2.05, 4.69) is 5.32 Å². The number of benzene rings is 2. The predicted molar refractivity (Wildman–Crippen MR) is 87.3 cm³/mol. The molecule has 0 aliphatic rings. The highest BCUT2D eigenvalue weighted by atomic mass is 19.1. The number of nitrogens with one attached hydrogen (secondary N) is 1. The summed E-state index contributed by atoms with van der Waals surface area (Å²) < 4.78 is 12.9. The molecule has 1 N–H and O–H groups in total. The summed E-state index contributed by atoms with van der Waals surface area (Å²) in [5, 5.41) is 11.4. The van der Waals surface area contributed by atoms with Crippen molar-refractivity contribution in [3.05, 3.63) is 65.5 Å². The Kier molecular flexibility index (Phi) is 5.63. The number of anilines is 1. The minimum atomic E-state index is -0.355. The molecule has 0 fully saturated rings. The van der Waals surface area contributed by atoms with E-state index in [1.54, 1.807) is 36.4 Å². The van der Waals surface area contributed by atoms with Crippen molar-refractivity contribution in [2.45, 2.75) is 13.5 Å². The van der Waals surface area contributed by atoms with Crippen LogP contribution < -0.4 is 5.32 Å². The van der Waals surface area contributed by atoms with Gasteiger partial charge in [-0.15, -0.1) is 0 Å². The molecule has 24 heavy (non-hydrogen) atoms. The summed E-state index contributed by atoms with van der Waals surface area (Å²) in [4.78, 5) is 25.2. The van der Waals surface area contributed by atoms with Gasteiger partial charge in [0, 0.05) is 19.2 Å². The lowest BCUT2D eigenvalue weighted by Crippen LogP contribution is -2.36. The minimum Gasteiger partial charge on any atom is -0.329 e. The average molecular weight is 325 g/mol. The number of nitriles is 1. The van der Waals surface area contributed by atoms with Gasteiger partial charge in [0.05, 0.1) is 11.6 Å². The summed E-state index contributed by atoms with van der Waals surface area (Å²) in [6.45, 7) is 1.47. The van der Waals surface area contributed by atoms with Crippen molar-refractivity contribution < 1.29 is 14.0 Å². The van der Waals surface area contributed by atoms with Crippen molar-refractivity contribution in [3.63, 3.8) is 0 Å². The fraction of sp³-hybridized carbons (Fsp3) is 0.167. The van der Waals surface area contributed by atoms with Gasteiger partial charge < -0.3 is 10.2 Å². The zero-order valence-corrected chi connectivity index (χ0v) is 13.1. The molecular formula is C18H16FN3O2. The monoisotopic (exact) mass is 325 g/mol. The van der Waals surface area contributed by atoms with E-state index in [-0.39, 0.29) is 30.7 Å². The number of carbonyl (C=O) groups is 2. The Labute approximate surface area is 139 Å². The van der Waals surface area contributed by atoms with Crippen LogP contribution >= 0.6 is 0 Å². The summed E-state index contributed by atoms with van der Waals surface area (Å²) in [7, 11) is 0. The summed E-state index contributed by atoms with van der Waals surface area (Å²) in [6.07, 6.45) is 0. The topological polar surface area (TPSA) is 73.2 Å². The minimum absolute atomic E-state index is 0.118. The lowest BCUT2D eigenvalue weighted by atomic mass is 10.2. The maximum absolute atomic E-state index is 12.9. The van der Waals surface area contributed by atoms with Gasteiger partial charge in [0.15, 0.2) is 0 Å². The van der Waals surface area contributed by atoms with Gasteiger partial charge in [-0.3, -0.25) is 9.59 Å². The number of carbonyl (C=O) groups excluding carboxylic acids is 2. The van der Waals surface area contributed by atoms with Gasteiger partial charge in [-0.25, -0.2) is 4.39 Å². The van der Waals surface area contributed by atoms with Crippen LogP contribution in [0.4, 0.5) is 10.1 Å². The summed E-state index contributed by atoms with van der Waals surface area (Å²) in [5.41, 5.74) is 1.77. The SMILES string of the molecule is CC(=O)N(CC(=O)Nc1ccc(C#N)cc1)Cc1ccc(F)cc1. The zero-order chi connectivity index (χ0) is 17.5. The third-order valence-electron chi connectivity index (χ3n) is 3.36. The van der Waals surface area contributed by atoms with Gasteiger partial charge in [-0.2, -0.15) is 5.26 Å². The van der Waals surface area contributed by atoms with Crippen molar-refractivity contribution >= 4 is 17.5 Å². The Bertz CT molecular complexity index is 764. The highest BCUT2D eigenvalue weighted by Gasteiger charge is 2.14. The Morgan fingerprint density at radius 2 is 1.75 bits per heavy atom. The van der Waals surface area contributed by atoms with Crippen LogP contribution in [0.1, 0.15) is 18.1 Å². The lowest BCUT2D eigenvalue weighted by Gasteiger charge is -2.20. The molecule has 0 radical (unpaired) electrons. The van der Waals surface area contributed by atoms with Crippen LogP contribution in [0.5, 0.6) is 0 Å². The number of rotatable bonds is 5. The highest BCUT2D eigenvalue weighted by molar-refractivity contribution is 5.94. The smallest absolute Gasteiger partial charge is 0.244 e. The molecular weight excluding hydrogens is 309 g/mol. The van der Waals surface area contributed by atoms with Gasteiger partial charge in [0.2, 0.25) is 11.8 Å². The van der Waals surface area contributed by atoms with Crippen molar-refractivity contribution in [1.82, 2.24) is 4.90 Å². The molecule has 2 rings (SSSR count). The molecule has 0 spiro atoms. The van der Waals surface area contributed by atoms with Crippen molar-refractivity contribution in [1.29, 1.82) is 5.26 Å². The average Bonchev–Trinajstić information content (AvgIpc) is 2.56. The summed E-state index contributed by atoms with van der Waals surface area (Å²) >= 11 is 0. The number of hydrogen-bond donors (Lipinski definition) is 1. The van der Waals surface area contributed by atoms with Gasteiger partial charge in [-0.1, -0.05) is 12.1 Å². The van der Waals surface area contributed by atoms with Crippen molar-refractivity contribution in [3.8, 4) is 6.07 Å². The van der Waals surface area contributed by atoms with Crippen LogP contribution in [0, 0.1) is 17.1 Å². The fourth-order valence-electron chi connectivity index (χ4n) is 2.09. The van der Waals surface area contributed by atoms with Crippen LogP contribution in [0.2, 0.25) is 0 Å². The molecule has 122 valence electrons. The molecule has 2 amide bonds. The molecule has 2 aromatic carbocycles. The normalized spacial score (nSPS) is 9.88. The predicted octanol–water partition coefficient (Wildman–Crippen LogP) is 2.68. The second-order valence-electron chi connectivity index (χ2n) is 5.24. The van der Waals surface area contributed by atoms with Crippen LogP contribution in [-0.2, 0) is 16.1 Å². The first-order chi connectivity index (χ1) is 11.5. The molecule has 0 aliphatic heterocycles. The number of amides is 2. The van der Waals surface area contributed by atoms with Crippen LogP contribution in [0.15, 0.2) is 48.5 Å². The molecule has 0 unspecified atom stereocenters. The molecule has 0 aromatic heterocycles. The molecule has 5 nitrogen and oxygen atoms in total. The van der Waals surface area contributed by atoms with E-state index in [1.165, 1.54) is 24.0 Å². The van der Waals surface area contributed by atoms with Crippen LogP contribution in [-0.4, -0.2) is 23.3 Å². The molecule has 6 heteroatoms. The van der Waals surface area contributed by atoms with Crippen molar-refractivity contribution in [2.24, 2.45) is 0 Å². The van der Waals surface area contributed by atoms with E-state index in [4.69, 9.17) is 5.26 Å². The maximum atomic E-state index is 12.9. The second-order valence-corrected chi connectivity index (χ2v) is 5.24. The van der Waals surface area contributed by atoms with Gasteiger partial charge in [-0.05, 0) is 42.0 Å². The van der Waals surface area contributed by atoms with Gasteiger partial charge in [0.25, 0.3) is 0 Å². The number of nitrogens with zero attached hydrogens (tertiary/aromatic N) is 2. The standard InChI is InChI=1S/C18H16FN3O2/c1-13(23)22(11-15-2-6-16(19)7-3-15)12-18(24)21-17-8-4-14(10-20)5-9-17/h2-9H,11-12H2,1H3,(H,21,24). The van der Waals surface area contributed by atoms with Crippen molar-refractivity contribution in [2.75, 3.05) is 11.9 Å². The molecule has 2 aromatic rings. The molecule has 0 atom stereocenters. The van der Waals surface area contributed by atoms with Gasteiger partial charge >= 0.3 is 0 Å². The van der Waals surface area contributed by atoms with E-state index in [0.717, 1.165) is 5.56 Å². The molecule has 0 saturated carbocycles. The number of halogens is 1. The first-order valence-electron chi connectivity index (χ1n) is 7.28. The third kappa shape index (κ3) is 4.92. The molecule has 0 aliphatic carbocycles. The first kappa shape index (κ1) is 17.2. The molecule has 0 heterocycles. The van der Waals surface area contributed by atoms with Crippen LogP contribution in [0.25, 0.3) is 0 Å². The maximum Gasteiger partial charge on any atom is 0.244 e. The third-order valence-corrected chi connectivity index (χ3v) is 3.36. The van der Waals surface area contributed by atoms with E-state index in [9.17, 15) is 14.0 Å². The Hall–Kier alpha value is -3.20. The molecule has 0 saturated heterocycles. The van der Waals surface area contributed by atoms with E-state index in [0.29, 0.717) is 11.3 Å². The van der Waals surface area contributed by atoms with E-state index < -0.39 is 0 Å². The second kappa shape index (κ2) is 7.88. The fourth-order valence-corrected chi connectivity index (χ4v) is 2.09. The molecule has 0 bridgehead atoms.